The molecule has 1 saturated heterocycles. The zero-order valence-electron chi connectivity index (χ0n) is 11.6. The van der Waals surface area contributed by atoms with Crippen molar-refractivity contribution < 1.29 is 9.21 Å². The maximum Gasteiger partial charge on any atom is 0.287 e. The average molecular weight is 341 g/mol. The second-order valence-corrected chi connectivity index (χ2v) is 6.61. The third-order valence-electron chi connectivity index (χ3n) is 4.50. The molecule has 0 radical (unpaired) electrons. The third-order valence-corrected chi connectivity index (χ3v) is 4.93. The van der Waals surface area contributed by atoms with Crippen LogP contribution < -0.4 is 5.32 Å². The Balaban J connectivity index is 1.47. The molecule has 3 rings (SSSR count). The van der Waals surface area contributed by atoms with E-state index in [0.717, 1.165) is 32.0 Å². The number of amides is 1. The van der Waals surface area contributed by atoms with Gasteiger partial charge < -0.3 is 14.6 Å². The topological polar surface area (TPSA) is 45.5 Å². The number of hydrogen-bond donors (Lipinski definition) is 1. The van der Waals surface area contributed by atoms with Gasteiger partial charge in [-0.2, -0.15) is 0 Å². The zero-order chi connectivity index (χ0) is 13.9. The summed E-state index contributed by atoms with van der Waals surface area (Å²) in [5.41, 5.74) is 0. The molecule has 0 spiro atoms. The normalized spacial score (nSPS) is 22.2. The van der Waals surface area contributed by atoms with Crippen molar-refractivity contribution in [2.45, 2.75) is 50.6 Å². The number of likely N-dealkylation sites (tertiary alicyclic amines) is 1. The molecule has 5 heteroatoms. The van der Waals surface area contributed by atoms with Crippen LogP contribution in [-0.4, -0.2) is 36.0 Å². The van der Waals surface area contributed by atoms with Crippen LogP contribution in [0.25, 0.3) is 0 Å². The molecule has 2 heterocycles. The van der Waals surface area contributed by atoms with Crippen LogP contribution >= 0.6 is 15.9 Å². The SMILES string of the molecule is O=C(NC1CCN(C2CCCC2)CC1)c1ccc(Br)o1. The molecule has 1 aliphatic heterocycles. The molecule has 110 valence electrons. The van der Waals surface area contributed by atoms with Crippen molar-refractivity contribution in [2.75, 3.05) is 13.1 Å². The van der Waals surface area contributed by atoms with Gasteiger partial charge in [-0.25, -0.2) is 0 Å². The van der Waals surface area contributed by atoms with E-state index in [1.807, 2.05) is 0 Å². The first-order valence-electron chi connectivity index (χ1n) is 7.52. The summed E-state index contributed by atoms with van der Waals surface area (Å²) in [5.74, 6) is 0.283. The van der Waals surface area contributed by atoms with Crippen LogP contribution in [0, 0.1) is 0 Å². The van der Waals surface area contributed by atoms with Gasteiger partial charge in [0.2, 0.25) is 0 Å². The van der Waals surface area contributed by atoms with Gasteiger partial charge in [0.05, 0.1) is 0 Å². The molecule has 1 aromatic heterocycles. The standard InChI is InChI=1S/C15H21BrN2O2/c16-14-6-5-13(20-14)15(19)17-11-7-9-18(10-8-11)12-3-1-2-4-12/h5-6,11-12H,1-4,7-10H2,(H,17,19). The molecule has 0 unspecified atom stereocenters. The number of carbonyl (C=O) groups is 1. The largest absolute Gasteiger partial charge is 0.444 e. The van der Waals surface area contributed by atoms with Gasteiger partial charge >= 0.3 is 0 Å². The predicted octanol–water partition coefficient (Wildman–Crippen LogP) is 3.18. The fourth-order valence-corrected chi connectivity index (χ4v) is 3.68. The van der Waals surface area contributed by atoms with Crippen LogP contribution in [0.1, 0.15) is 49.1 Å². The first-order chi connectivity index (χ1) is 9.72. The minimum atomic E-state index is -0.102. The lowest BCUT2D eigenvalue weighted by Gasteiger charge is -2.36. The van der Waals surface area contributed by atoms with E-state index < -0.39 is 0 Å². The van der Waals surface area contributed by atoms with E-state index in [4.69, 9.17) is 4.42 Å². The highest BCUT2D eigenvalue weighted by Crippen LogP contribution is 2.26. The van der Waals surface area contributed by atoms with E-state index in [0.29, 0.717) is 10.4 Å². The summed E-state index contributed by atoms with van der Waals surface area (Å²) < 4.78 is 5.88. The quantitative estimate of drug-likeness (QED) is 0.919. The summed E-state index contributed by atoms with van der Waals surface area (Å²) in [6, 6.07) is 4.53. The summed E-state index contributed by atoms with van der Waals surface area (Å²) in [4.78, 5) is 14.6. The summed E-state index contributed by atoms with van der Waals surface area (Å²) in [6.07, 6.45) is 7.58. The second kappa shape index (κ2) is 6.31. The minimum absolute atomic E-state index is 0.102. The number of nitrogens with zero attached hydrogens (tertiary/aromatic N) is 1. The maximum atomic E-state index is 12.0. The molecule has 2 aliphatic rings. The Bertz CT molecular complexity index is 460. The predicted molar refractivity (Wildman–Crippen MR) is 80.7 cm³/mol. The van der Waals surface area contributed by atoms with Gasteiger partial charge in [-0.1, -0.05) is 12.8 Å². The van der Waals surface area contributed by atoms with Crippen molar-refractivity contribution in [3.8, 4) is 0 Å². The fourth-order valence-electron chi connectivity index (χ4n) is 3.37. The van der Waals surface area contributed by atoms with Crippen molar-refractivity contribution in [3.05, 3.63) is 22.6 Å². The molecular weight excluding hydrogens is 320 g/mol. The number of nitrogens with one attached hydrogen (secondary N) is 1. The maximum absolute atomic E-state index is 12.0. The lowest BCUT2D eigenvalue weighted by atomic mass is 10.0. The van der Waals surface area contributed by atoms with Gasteiger partial charge in [0.1, 0.15) is 0 Å². The van der Waals surface area contributed by atoms with Gasteiger partial charge in [0.15, 0.2) is 10.4 Å². The van der Waals surface area contributed by atoms with Crippen molar-refractivity contribution in [2.24, 2.45) is 0 Å². The van der Waals surface area contributed by atoms with E-state index in [1.165, 1.54) is 25.7 Å². The first kappa shape index (κ1) is 14.1. The molecule has 20 heavy (non-hydrogen) atoms. The zero-order valence-corrected chi connectivity index (χ0v) is 13.2. The average Bonchev–Trinajstić information content (AvgIpc) is 3.10. The Kier molecular flexibility index (Phi) is 4.46. The summed E-state index contributed by atoms with van der Waals surface area (Å²) >= 11 is 3.22. The number of carbonyl (C=O) groups excluding carboxylic acids is 1. The van der Waals surface area contributed by atoms with E-state index in [2.05, 4.69) is 26.1 Å². The molecule has 0 bridgehead atoms. The summed E-state index contributed by atoms with van der Waals surface area (Å²) in [5, 5.41) is 3.08. The molecule has 0 aromatic carbocycles. The first-order valence-corrected chi connectivity index (χ1v) is 8.32. The molecule has 1 aliphatic carbocycles. The molecule has 1 aromatic rings. The van der Waals surface area contributed by atoms with Gasteiger partial charge in [-0.3, -0.25) is 4.79 Å². The Morgan fingerprint density at radius 1 is 1.20 bits per heavy atom. The molecule has 1 saturated carbocycles. The van der Waals surface area contributed by atoms with Crippen LogP contribution in [-0.2, 0) is 0 Å². The highest BCUT2D eigenvalue weighted by atomic mass is 79.9. The number of piperidine rings is 1. The number of furan rings is 1. The van der Waals surface area contributed by atoms with Gasteiger partial charge in [-0.15, -0.1) is 0 Å². The van der Waals surface area contributed by atoms with Gasteiger partial charge in [-0.05, 0) is 53.7 Å². The van der Waals surface area contributed by atoms with Crippen molar-refractivity contribution in [3.63, 3.8) is 0 Å². The van der Waals surface area contributed by atoms with Crippen molar-refractivity contribution in [1.29, 1.82) is 0 Å². The fraction of sp³-hybridized carbons (Fsp3) is 0.667. The lowest BCUT2D eigenvalue weighted by Crippen LogP contribution is -2.47. The van der Waals surface area contributed by atoms with E-state index in [9.17, 15) is 4.79 Å². The van der Waals surface area contributed by atoms with Gasteiger partial charge in [0.25, 0.3) is 5.91 Å². The van der Waals surface area contributed by atoms with Crippen molar-refractivity contribution >= 4 is 21.8 Å². The smallest absolute Gasteiger partial charge is 0.287 e. The van der Waals surface area contributed by atoms with Crippen LogP contribution in [0.3, 0.4) is 0 Å². The third kappa shape index (κ3) is 3.26. The molecule has 4 nitrogen and oxygen atoms in total. The summed E-state index contributed by atoms with van der Waals surface area (Å²) in [6.45, 7) is 2.22. The Hall–Kier alpha value is -0.810. The number of hydrogen-bond acceptors (Lipinski definition) is 3. The molecule has 2 fully saturated rings. The minimum Gasteiger partial charge on any atom is -0.444 e. The van der Waals surface area contributed by atoms with Crippen LogP contribution in [0.15, 0.2) is 21.2 Å². The van der Waals surface area contributed by atoms with Gasteiger partial charge in [0, 0.05) is 25.2 Å². The van der Waals surface area contributed by atoms with E-state index in [1.54, 1.807) is 12.1 Å². The van der Waals surface area contributed by atoms with E-state index in [-0.39, 0.29) is 11.9 Å². The summed E-state index contributed by atoms with van der Waals surface area (Å²) in [7, 11) is 0. The Morgan fingerprint density at radius 2 is 1.90 bits per heavy atom. The Morgan fingerprint density at radius 3 is 2.50 bits per heavy atom. The molecule has 1 amide bonds. The van der Waals surface area contributed by atoms with Crippen LogP contribution in [0.5, 0.6) is 0 Å². The van der Waals surface area contributed by atoms with Crippen LogP contribution in [0.4, 0.5) is 0 Å². The Labute approximate surface area is 128 Å². The highest BCUT2D eigenvalue weighted by molar-refractivity contribution is 9.10. The van der Waals surface area contributed by atoms with Crippen molar-refractivity contribution in [1.82, 2.24) is 10.2 Å². The number of rotatable bonds is 3. The lowest BCUT2D eigenvalue weighted by molar-refractivity contribution is 0.0864. The molecule has 0 atom stereocenters. The highest BCUT2D eigenvalue weighted by Gasteiger charge is 2.28. The molecule has 1 N–H and O–H groups in total. The second-order valence-electron chi connectivity index (χ2n) is 5.83. The van der Waals surface area contributed by atoms with E-state index >= 15 is 0 Å². The monoisotopic (exact) mass is 340 g/mol. The molecular formula is C15H21BrN2O2. The van der Waals surface area contributed by atoms with Crippen LogP contribution in [0.2, 0.25) is 0 Å². The number of halogens is 1.